The van der Waals surface area contributed by atoms with E-state index in [-0.39, 0.29) is 44.2 Å². The molecule has 0 radical (unpaired) electrons. The number of likely N-dealkylation sites (tertiary alicyclic amines) is 2. The highest BCUT2D eigenvalue weighted by molar-refractivity contribution is 7.90. The molecule has 7 rings (SSSR count). The van der Waals surface area contributed by atoms with Crippen LogP contribution in [-0.2, 0) is 38.7 Å². The van der Waals surface area contributed by atoms with E-state index >= 15 is 0 Å². The molecule has 2 bridgehead atoms. The lowest BCUT2D eigenvalue weighted by atomic mass is 9.91. The summed E-state index contributed by atoms with van der Waals surface area (Å²) in [5.74, 6) is -3.20. The fraction of sp³-hybridized carbons (Fsp3) is 0.543. The number of hydrogen-bond donors (Lipinski definition) is 1. The summed E-state index contributed by atoms with van der Waals surface area (Å²) in [6, 6.07) is 6.10. The minimum absolute atomic E-state index is 0.0403. The number of morpholine rings is 1. The van der Waals surface area contributed by atoms with Crippen molar-refractivity contribution in [2.24, 2.45) is 17.3 Å². The Kier molecular flexibility index (Phi) is 8.27. The minimum atomic E-state index is -3.84. The molecule has 5 fully saturated rings. The van der Waals surface area contributed by atoms with Crippen LogP contribution in [0.4, 0.5) is 0 Å². The normalized spacial score (nSPS) is 29.4. The summed E-state index contributed by atoms with van der Waals surface area (Å²) in [7, 11) is -3.84. The van der Waals surface area contributed by atoms with Crippen molar-refractivity contribution in [1.29, 1.82) is 0 Å². The molecule has 2 saturated carbocycles. The number of fused-ring (bicyclic) bond motifs is 3. The number of rotatable bonds is 12. The zero-order valence-corrected chi connectivity index (χ0v) is 28.3. The van der Waals surface area contributed by atoms with Gasteiger partial charge >= 0.3 is 5.97 Å². The zero-order valence-electron chi connectivity index (χ0n) is 27.5. The molecule has 1 aromatic carbocycles. The van der Waals surface area contributed by atoms with Crippen molar-refractivity contribution in [3.63, 3.8) is 0 Å². The first-order chi connectivity index (χ1) is 23.3. The number of Topliss-reactive ketones (excluding diaryl/α,β-unsaturated/α-hetero) is 1. The van der Waals surface area contributed by atoms with Gasteiger partial charge in [0.1, 0.15) is 18.2 Å². The van der Waals surface area contributed by atoms with Gasteiger partial charge in [-0.15, -0.1) is 6.58 Å². The number of aryl methyl sites for hydroxylation is 1. The molecule has 3 saturated heterocycles. The molecule has 3 aliphatic heterocycles. The van der Waals surface area contributed by atoms with Crippen LogP contribution < -0.4 is 9.46 Å². The van der Waals surface area contributed by atoms with Crippen molar-refractivity contribution >= 4 is 50.3 Å². The molecule has 1 N–H and O–H groups in total. The molecule has 2 aliphatic carbocycles. The van der Waals surface area contributed by atoms with Gasteiger partial charge < -0.3 is 19.3 Å². The van der Waals surface area contributed by atoms with Gasteiger partial charge in [-0.1, -0.05) is 30.7 Å². The lowest BCUT2D eigenvalue weighted by Crippen LogP contribution is -2.48. The summed E-state index contributed by atoms with van der Waals surface area (Å²) in [5.41, 5.74) is -0.217. The van der Waals surface area contributed by atoms with Crippen molar-refractivity contribution in [1.82, 2.24) is 19.5 Å². The first-order valence-electron chi connectivity index (χ1n) is 16.8. The van der Waals surface area contributed by atoms with E-state index in [1.54, 1.807) is 19.2 Å². The second-order valence-corrected chi connectivity index (χ2v) is 16.3. The van der Waals surface area contributed by atoms with Crippen LogP contribution in [0.3, 0.4) is 0 Å². The average molecular weight is 693 g/mol. The molecule has 49 heavy (non-hydrogen) atoms. The number of hydrogen-bond acceptors (Lipinski definition) is 10. The van der Waals surface area contributed by atoms with E-state index in [0.717, 1.165) is 16.3 Å². The number of ether oxygens (including phenoxy) is 2. The van der Waals surface area contributed by atoms with Gasteiger partial charge in [0.15, 0.2) is 5.78 Å². The monoisotopic (exact) mass is 692 g/mol. The molecule has 5 aliphatic rings. The average Bonchev–Trinajstić information content (AvgIpc) is 3.91. The fourth-order valence-electron chi connectivity index (χ4n) is 7.64. The minimum Gasteiger partial charge on any atom is -0.472 e. The highest BCUT2D eigenvalue weighted by Gasteiger charge is 2.61. The Morgan fingerprint density at radius 1 is 1.16 bits per heavy atom. The molecule has 2 unspecified atom stereocenters. The Balaban J connectivity index is 1.11. The van der Waals surface area contributed by atoms with E-state index in [0.29, 0.717) is 31.7 Å². The van der Waals surface area contributed by atoms with Crippen molar-refractivity contribution in [3.8, 4) is 5.88 Å². The summed E-state index contributed by atoms with van der Waals surface area (Å²) >= 11 is 0. The molecule has 2 aromatic rings. The van der Waals surface area contributed by atoms with Crippen LogP contribution in [0.2, 0.25) is 0 Å². The topological polar surface area (TPSA) is 169 Å². The fourth-order valence-corrected chi connectivity index (χ4v) is 9.02. The maximum atomic E-state index is 14.2. The lowest BCUT2D eigenvalue weighted by Gasteiger charge is -2.29. The van der Waals surface area contributed by atoms with E-state index in [2.05, 4.69) is 16.3 Å². The number of carbonyl (C=O) groups is 5. The largest absolute Gasteiger partial charge is 0.472 e. The second kappa shape index (κ2) is 12.2. The summed E-state index contributed by atoms with van der Waals surface area (Å²) in [6.07, 6.45) is 3.58. The molecular formula is C35H40N4O9S. The number of benzene rings is 1. The van der Waals surface area contributed by atoms with Crippen molar-refractivity contribution < 1.29 is 41.9 Å². The van der Waals surface area contributed by atoms with Crippen LogP contribution in [-0.4, -0.2) is 95.3 Å². The standard InChI is InChI=1S/C35H40N4O9S/c1-4-22-15-35(22,34(44)37-49(45,46)25-6-7-25)16-29(40)27-13-23(47-31-26-8-5-19(2)11-21(26)9-10-36-31)18-39(27)32(42)20(3)12-30(41)38-17-24-14-28(38)33(43)48-24/h4-5,8-11,20,22-25,27-28H,1,6-7,12-18H2,2-3H3,(H,37,44)/t20-,22+,23?,24-,27?,28-,35+/m0/s1. The quantitative estimate of drug-likeness (QED) is 0.257. The van der Waals surface area contributed by atoms with E-state index in [4.69, 9.17) is 9.47 Å². The van der Waals surface area contributed by atoms with Gasteiger partial charge in [0, 0.05) is 43.2 Å². The Labute approximate surface area is 284 Å². The van der Waals surface area contributed by atoms with Gasteiger partial charge in [-0.25, -0.2) is 18.2 Å². The summed E-state index contributed by atoms with van der Waals surface area (Å²) in [4.78, 5) is 74.3. The zero-order chi connectivity index (χ0) is 34.8. The third-order valence-corrected chi connectivity index (χ3v) is 12.5. The molecule has 0 spiro atoms. The van der Waals surface area contributed by atoms with Gasteiger partial charge in [0.25, 0.3) is 0 Å². The molecule has 13 nitrogen and oxygen atoms in total. The van der Waals surface area contributed by atoms with Gasteiger partial charge in [-0.05, 0) is 49.6 Å². The van der Waals surface area contributed by atoms with Gasteiger partial charge in [-0.3, -0.25) is 23.9 Å². The van der Waals surface area contributed by atoms with E-state index < -0.39 is 74.3 Å². The van der Waals surface area contributed by atoms with Gasteiger partial charge in [0.05, 0.1) is 29.8 Å². The number of nitrogens with zero attached hydrogens (tertiary/aromatic N) is 3. The van der Waals surface area contributed by atoms with E-state index in [9.17, 15) is 32.4 Å². The predicted octanol–water partition coefficient (Wildman–Crippen LogP) is 2.20. The van der Waals surface area contributed by atoms with Crippen LogP contribution in [0.1, 0.15) is 57.4 Å². The van der Waals surface area contributed by atoms with Crippen LogP contribution >= 0.6 is 0 Å². The first-order valence-corrected chi connectivity index (χ1v) is 18.4. The lowest BCUT2D eigenvalue weighted by molar-refractivity contribution is -0.157. The van der Waals surface area contributed by atoms with Crippen LogP contribution in [0.5, 0.6) is 5.88 Å². The number of esters is 1. The summed E-state index contributed by atoms with van der Waals surface area (Å²) in [5, 5.41) is 1.09. The van der Waals surface area contributed by atoms with Crippen molar-refractivity contribution in [2.45, 2.75) is 88.3 Å². The Morgan fingerprint density at radius 2 is 1.94 bits per heavy atom. The molecule has 4 heterocycles. The summed E-state index contributed by atoms with van der Waals surface area (Å²) in [6.45, 7) is 7.71. The number of ketones is 1. The molecule has 14 heteroatoms. The van der Waals surface area contributed by atoms with Crippen molar-refractivity contribution in [2.75, 3.05) is 13.1 Å². The number of nitrogens with one attached hydrogen (secondary N) is 1. The van der Waals surface area contributed by atoms with E-state index in [1.807, 2.05) is 31.2 Å². The van der Waals surface area contributed by atoms with Crippen molar-refractivity contribution in [3.05, 3.63) is 48.7 Å². The van der Waals surface area contributed by atoms with Crippen LogP contribution in [0, 0.1) is 24.2 Å². The number of sulfonamides is 1. The Morgan fingerprint density at radius 3 is 2.61 bits per heavy atom. The smallest absolute Gasteiger partial charge is 0.329 e. The van der Waals surface area contributed by atoms with Gasteiger partial charge in [-0.2, -0.15) is 0 Å². The third kappa shape index (κ3) is 6.19. The molecule has 260 valence electrons. The number of amides is 3. The van der Waals surface area contributed by atoms with Gasteiger partial charge in [0.2, 0.25) is 33.6 Å². The Hall–Kier alpha value is -4.33. The summed E-state index contributed by atoms with van der Waals surface area (Å²) < 4.78 is 39.0. The number of carbonyl (C=O) groups excluding carboxylic acids is 5. The Bertz CT molecular complexity index is 1880. The first kappa shape index (κ1) is 33.2. The molecule has 1 aromatic heterocycles. The van der Waals surface area contributed by atoms with E-state index in [1.165, 1.54) is 9.80 Å². The molecular weight excluding hydrogens is 652 g/mol. The second-order valence-electron chi connectivity index (χ2n) is 14.3. The predicted molar refractivity (Wildman–Crippen MR) is 175 cm³/mol. The number of aromatic nitrogens is 1. The molecule has 7 atom stereocenters. The maximum Gasteiger partial charge on any atom is 0.329 e. The SMILES string of the molecule is C=C[C@@H]1C[C@]1(CC(=O)C1CC(Oc2nccc3cc(C)ccc23)CN1C(=O)[C@@H](C)CC(=O)N1C[C@@H]2C[C@H]1C(=O)O2)C(=O)NS(=O)(=O)C1CC1. The third-order valence-electron chi connectivity index (χ3n) is 10.7. The van der Waals surface area contributed by atoms with Crippen LogP contribution in [0.25, 0.3) is 10.8 Å². The highest BCUT2D eigenvalue weighted by atomic mass is 32.2. The maximum absolute atomic E-state index is 14.2. The highest BCUT2D eigenvalue weighted by Crippen LogP contribution is 2.57. The number of allylic oxidation sites excluding steroid dienone is 1. The number of pyridine rings is 1. The van der Waals surface area contributed by atoms with Crippen LogP contribution in [0.15, 0.2) is 43.1 Å². The molecule has 3 amide bonds.